The molecule has 1 aromatic heterocycles. The number of nitrogens with two attached hydrogens (primary N) is 1. The molecule has 0 spiro atoms. The van der Waals surface area contributed by atoms with E-state index in [1.807, 2.05) is 0 Å². The monoisotopic (exact) mass is 315 g/mol. The number of rotatable bonds is 4. The number of halogens is 2. The molecule has 2 aromatic rings. The summed E-state index contributed by atoms with van der Waals surface area (Å²) in [6.07, 6.45) is 1.59. The van der Waals surface area contributed by atoms with E-state index in [2.05, 4.69) is 9.97 Å². The molecule has 1 heterocycles. The summed E-state index contributed by atoms with van der Waals surface area (Å²) < 4.78 is 5.06. The maximum atomic E-state index is 9.09. The van der Waals surface area contributed by atoms with Crippen molar-refractivity contribution >= 4 is 24.0 Å². The summed E-state index contributed by atoms with van der Waals surface area (Å²) in [6.45, 7) is -0.139. The Morgan fingerprint density at radius 2 is 2.15 bits per heavy atom. The van der Waals surface area contributed by atoms with Gasteiger partial charge in [-0.1, -0.05) is 17.7 Å². The Labute approximate surface area is 128 Å². The molecule has 0 fully saturated rings. The molecule has 0 aliphatic rings. The molecule has 2 rings (SSSR count). The van der Waals surface area contributed by atoms with Gasteiger partial charge in [0, 0.05) is 17.8 Å². The average molecular weight is 316 g/mol. The molecule has 0 saturated heterocycles. The maximum absolute atomic E-state index is 9.09. The fraction of sp³-hybridized carbons (Fsp3) is 0.231. The van der Waals surface area contributed by atoms with E-state index in [-0.39, 0.29) is 19.0 Å². The lowest BCUT2D eigenvalue weighted by Crippen LogP contribution is -2.14. The fourth-order valence-electron chi connectivity index (χ4n) is 1.64. The van der Waals surface area contributed by atoms with E-state index in [4.69, 9.17) is 27.2 Å². The van der Waals surface area contributed by atoms with E-state index in [0.29, 0.717) is 22.3 Å². The highest BCUT2D eigenvalue weighted by Crippen LogP contribution is 2.28. The minimum absolute atomic E-state index is 0. The Morgan fingerprint density at radius 3 is 2.80 bits per heavy atom. The maximum Gasteiger partial charge on any atom is 0.216 e. The van der Waals surface area contributed by atoms with Crippen molar-refractivity contribution in [3.05, 3.63) is 41.0 Å². The van der Waals surface area contributed by atoms with Gasteiger partial charge < -0.3 is 15.6 Å². The van der Waals surface area contributed by atoms with E-state index in [9.17, 15) is 0 Å². The molecule has 0 bridgehead atoms. The molecule has 0 aliphatic carbocycles. The largest absolute Gasteiger partial charge is 0.481 e. The molecule has 7 heteroatoms. The van der Waals surface area contributed by atoms with E-state index in [0.717, 1.165) is 5.56 Å². The van der Waals surface area contributed by atoms with Crippen LogP contribution in [0.3, 0.4) is 0 Å². The highest BCUT2D eigenvalue weighted by Gasteiger charge is 2.12. The average Bonchev–Trinajstić information content (AvgIpc) is 2.47. The van der Waals surface area contributed by atoms with Crippen LogP contribution in [-0.4, -0.2) is 28.8 Å². The summed E-state index contributed by atoms with van der Waals surface area (Å²) in [4.78, 5) is 8.39. The quantitative estimate of drug-likeness (QED) is 0.904. The first-order valence-corrected chi connectivity index (χ1v) is 6.06. The van der Waals surface area contributed by atoms with Crippen molar-refractivity contribution in [2.45, 2.75) is 6.04 Å². The van der Waals surface area contributed by atoms with Crippen molar-refractivity contribution in [3.8, 4) is 17.3 Å². The number of hydrogen-bond donors (Lipinski definition) is 2. The number of hydrogen-bond acceptors (Lipinski definition) is 5. The van der Waals surface area contributed by atoms with Crippen molar-refractivity contribution in [3.63, 3.8) is 0 Å². The molecule has 0 aliphatic heterocycles. The van der Waals surface area contributed by atoms with Crippen LogP contribution in [0.1, 0.15) is 11.6 Å². The molecule has 1 atom stereocenters. The first-order valence-electron chi connectivity index (χ1n) is 5.69. The second-order valence-corrected chi connectivity index (χ2v) is 4.36. The van der Waals surface area contributed by atoms with Crippen LogP contribution in [-0.2, 0) is 0 Å². The molecule has 108 valence electrons. The Bertz CT molecular complexity index is 581. The van der Waals surface area contributed by atoms with Crippen LogP contribution < -0.4 is 10.5 Å². The van der Waals surface area contributed by atoms with Gasteiger partial charge in [-0.05, 0) is 17.7 Å². The summed E-state index contributed by atoms with van der Waals surface area (Å²) in [7, 11) is 1.53. The third kappa shape index (κ3) is 3.58. The molecular formula is C13H15Cl2N3O2. The number of ether oxygens (including phenoxy) is 1. The summed E-state index contributed by atoms with van der Waals surface area (Å²) in [5.74, 6) is 0.911. The van der Waals surface area contributed by atoms with E-state index >= 15 is 0 Å². The summed E-state index contributed by atoms with van der Waals surface area (Å²) in [5, 5.41) is 9.61. The van der Waals surface area contributed by atoms with Crippen molar-refractivity contribution in [2.24, 2.45) is 5.73 Å². The summed E-state index contributed by atoms with van der Waals surface area (Å²) in [5.41, 5.74) is 7.21. The Morgan fingerprint density at radius 1 is 1.40 bits per heavy atom. The predicted molar refractivity (Wildman–Crippen MR) is 80.3 cm³/mol. The Balaban J connectivity index is 0.00000200. The molecule has 1 unspecified atom stereocenters. The number of nitrogens with zero attached hydrogens (tertiary/aromatic N) is 2. The summed E-state index contributed by atoms with van der Waals surface area (Å²) in [6, 6.07) is 6.46. The van der Waals surface area contributed by atoms with Crippen LogP contribution in [0.25, 0.3) is 11.4 Å². The van der Waals surface area contributed by atoms with Gasteiger partial charge in [0.1, 0.15) is 0 Å². The molecule has 0 radical (unpaired) electrons. The minimum atomic E-state index is -0.457. The second kappa shape index (κ2) is 7.40. The van der Waals surface area contributed by atoms with Gasteiger partial charge in [-0.15, -0.1) is 12.4 Å². The zero-order valence-corrected chi connectivity index (χ0v) is 12.4. The normalized spacial score (nSPS) is 11.6. The minimum Gasteiger partial charge on any atom is -0.481 e. The lowest BCUT2D eigenvalue weighted by atomic mass is 10.0. The number of benzene rings is 1. The van der Waals surface area contributed by atoms with E-state index in [1.165, 1.54) is 7.11 Å². The van der Waals surface area contributed by atoms with Gasteiger partial charge in [-0.2, -0.15) is 4.98 Å². The molecule has 1 aromatic carbocycles. The lowest BCUT2D eigenvalue weighted by molar-refractivity contribution is 0.268. The number of aromatic nitrogens is 2. The van der Waals surface area contributed by atoms with Crippen LogP contribution >= 0.6 is 24.0 Å². The SMILES string of the molecule is COc1ccnc(-c2cc(C(N)CO)ccc2Cl)n1.Cl. The van der Waals surface area contributed by atoms with Crippen molar-refractivity contribution < 1.29 is 9.84 Å². The zero-order valence-electron chi connectivity index (χ0n) is 10.8. The molecular weight excluding hydrogens is 301 g/mol. The number of aliphatic hydroxyl groups excluding tert-OH is 1. The Kier molecular flexibility index (Phi) is 6.16. The van der Waals surface area contributed by atoms with Gasteiger partial charge in [0.05, 0.1) is 24.8 Å². The Hall–Kier alpha value is -1.40. The number of methoxy groups -OCH3 is 1. The highest BCUT2D eigenvalue weighted by atomic mass is 35.5. The van der Waals surface area contributed by atoms with Crippen LogP contribution in [0.4, 0.5) is 0 Å². The second-order valence-electron chi connectivity index (χ2n) is 3.95. The molecule has 5 nitrogen and oxygen atoms in total. The third-order valence-electron chi connectivity index (χ3n) is 2.70. The summed E-state index contributed by atoms with van der Waals surface area (Å²) >= 11 is 6.15. The first-order chi connectivity index (χ1) is 9.15. The topological polar surface area (TPSA) is 81.3 Å². The van der Waals surface area contributed by atoms with Gasteiger partial charge in [-0.3, -0.25) is 0 Å². The smallest absolute Gasteiger partial charge is 0.216 e. The molecule has 0 saturated carbocycles. The van der Waals surface area contributed by atoms with Crippen LogP contribution in [0.2, 0.25) is 5.02 Å². The lowest BCUT2D eigenvalue weighted by Gasteiger charge is -2.11. The van der Waals surface area contributed by atoms with Gasteiger partial charge in [-0.25, -0.2) is 4.98 Å². The van der Waals surface area contributed by atoms with Crippen molar-refractivity contribution in [2.75, 3.05) is 13.7 Å². The standard InChI is InChI=1S/C13H14ClN3O2.ClH/c1-19-12-4-5-16-13(17-12)9-6-8(11(15)7-18)2-3-10(9)14;/h2-6,11,18H,7,15H2,1H3;1H. The van der Waals surface area contributed by atoms with Gasteiger partial charge in [0.15, 0.2) is 5.82 Å². The van der Waals surface area contributed by atoms with Crippen LogP contribution in [0.15, 0.2) is 30.5 Å². The van der Waals surface area contributed by atoms with Crippen LogP contribution in [0.5, 0.6) is 5.88 Å². The van der Waals surface area contributed by atoms with Crippen LogP contribution in [0, 0.1) is 0 Å². The third-order valence-corrected chi connectivity index (χ3v) is 3.02. The molecule has 0 amide bonds. The van der Waals surface area contributed by atoms with Gasteiger partial charge >= 0.3 is 0 Å². The number of aliphatic hydroxyl groups is 1. The highest BCUT2D eigenvalue weighted by molar-refractivity contribution is 6.33. The van der Waals surface area contributed by atoms with Gasteiger partial charge in [0.25, 0.3) is 0 Å². The molecule has 20 heavy (non-hydrogen) atoms. The van der Waals surface area contributed by atoms with Crippen molar-refractivity contribution in [1.82, 2.24) is 9.97 Å². The van der Waals surface area contributed by atoms with E-state index < -0.39 is 6.04 Å². The predicted octanol–water partition coefficient (Wildman–Crippen LogP) is 2.22. The van der Waals surface area contributed by atoms with Gasteiger partial charge in [0.2, 0.25) is 5.88 Å². The first kappa shape index (κ1) is 16.7. The molecule has 3 N–H and O–H groups in total. The fourth-order valence-corrected chi connectivity index (χ4v) is 1.84. The zero-order chi connectivity index (χ0) is 13.8. The van der Waals surface area contributed by atoms with E-state index in [1.54, 1.807) is 30.5 Å². The van der Waals surface area contributed by atoms with Crippen molar-refractivity contribution in [1.29, 1.82) is 0 Å².